The molecule has 0 aliphatic carbocycles. The molecule has 0 radical (unpaired) electrons. The SMILES string of the molecule is Cc1cc(Br)cc(C(=O)NCc2nc(C(=O)O)cs2)c1. The van der Waals surface area contributed by atoms with Crippen LogP contribution >= 0.6 is 27.3 Å². The second-order valence-electron chi connectivity index (χ2n) is 4.13. The smallest absolute Gasteiger partial charge is 0.355 e. The van der Waals surface area contributed by atoms with Crippen molar-refractivity contribution in [3.05, 3.63) is 49.9 Å². The van der Waals surface area contributed by atoms with Gasteiger partial charge in [-0.15, -0.1) is 11.3 Å². The van der Waals surface area contributed by atoms with E-state index >= 15 is 0 Å². The van der Waals surface area contributed by atoms with Crippen molar-refractivity contribution in [3.63, 3.8) is 0 Å². The van der Waals surface area contributed by atoms with Gasteiger partial charge in [0.15, 0.2) is 5.69 Å². The molecule has 1 amide bonds. The van der Waals surface area contributed by atoms with E-state index in [0.29, 0.717) is 10.6 Å². The molecular weight excluding hydrogens is 344 g/mol. The van der Waals surface area contributed by atoms with Crippen LogP contribution in [0, 0.1) is 6.92 Å². The molecule has 0 aliphatic rings. The van der Waals surface area contributed by atoms with Crippen molar-refractivity contribution in [3.8, 4) is 0 Å². The van der Waals surface area contributed by atoms with E-state index in [1.54, 1.807) is 12.1 Å². The maximum atomic E-state index is 12.0. The van der Waals surface area contributed by atoms with Crippen LogP contribution in [0.15, 0.2) is 28.1 Å². The highest BCUT2D eigenvalue weighted by Gasteiger charge is 2.11. The highest BCUT2D eigenvalue weighted by Crippen LogP contribution is 2.15. The number of hydrogen-bond donors (Lipinski definition) is 2. The number of carbonyl (C=O) groups excluding carboxylic acids is 1. The largest absolute Gasteiger partial charge is 0.476 e. The molecule has 0 saturated carbocycles. The summed E-state index contributed by atoms with van der Waals surface area (Å²) >= 11 is 4.55. The summed E-state index contributed by atoms with van der Waals surface area (Å²) in [6.45, 7) is 2.11. The Balaban J connectivity index is 2.02. The Kier molecular flexibility index (Phi) is 4.51. The number of aromatic carboxylic acids is 1. The number of hydrogen-bond acceptors (Lipinski definition) is 4. The Morgan fingerprint density at radius 1 is 1.40 bits per heavy atom. The molecule has 1 aromatic heterocycles. The lowest BCUT2D eigenvalue weighted by molar-refractivity contribution is 0.0691. The summed E-state index contributed by atoms with van der Waals surface area (Å²) in [5.74, 6) is -1.29. The van der Waals surface area contributed by atoms with Gasteiger partial charge in [0.25, 0.3) is 5.91 Å². The predicted octanol–water partition coefficient (Wildman–Crippen LogP) is 2.84. The maximum Gasteiger partial charge on any atom is 0.355 e. The number of rotatable bonds is 4. The van der Waals surface area contributed by atoms with E-state index in [2.05, 4.69) is 26.2 Å². The second-order valence-corrected chi connectivity index (χ2v) is 5.99. The van der Waals surface area contributed by atoms with Crippen molar-refractivity contribution in [2.45, 2.75) is 13.5 Å². The second kappa shape index (κ2) is 6.15. The Morgan fingerprint density at radius 2 is 2.15 bits per heavy atom. The van der Waals surface area contributed by atoms with Crippen LogP contribution in [-0.2, 0) is 6.54 Å². The van der Waals surface area contributed by atoms with Gasteiger partial charge >= 0.3 is 5.97 Å². The molecule has 20 heavy (non-hydrogen) atoms. The maximum absolute atomic E-state index is 12.0. The minimum absolute atomic E-state index is 0.00227. The molecule has 1 aromatic carbocycles. The number of carbonyl (C=O) groups is 2. The minimum Gasteiger partial charge on any atom is -0.476 e. The molecule has 0 bridgehead atoms. The molecule has 2 aromatic rings. The fourth-order valence-electron chi connectivity index (χ4n) is 1.62. The molecule has 0 spiro atoms. The quantitative estimate of drug-likeness (QED) is 0.884. The van der Waals surface area contributed by atoms with E-state index in [0.717, 1.165) is 10.0 Å². The number of carboxylic acids is 1. The Labute approximate surface area is 127 Å². The van der Waals surface area contributed by atoms with Crippen LogP contribution in [0.4, 0.5) is 0 Å². The van der Waals surface area contributed by atoms with Gasteiger partial charge in [-0.1, -0.05) is 15.9 Å². The lowest BCUT2D eigenvalue weighted by Crippen LogP contribution is -2.22. The number of aromatic nitrogens is 1. The summed E-state index contributed by atoms with van der Waals surface area (Å²) in [6.07, 6.45) is 0. The van der Waals surface area contributed by atoms with E-state index in [1.807, 2.05) is 13.0 Å². The van der Waals surface area contributed by atoms with Crippen molar-refractivity contribution < 1.29 is 14.7 Å². The van der Waals surface area contributed by atoms with Gasteiger partial charge in [0.2, 0.25) is 0 Å². The number of amides is 1. The average molecular weight is 355 g/mol. The van der Waals surface area contributed by atoms with Crippen LogP contribution in [0.3, 0.4) is 0 Å². The molecule has 104 valence electrons. The molecule has 1 heterocycles. The van der Waals surface area contributed by atoms with E-state index in [4.69, 9.17) is 5.11 Å². The van der Waals surface area contributed by atoms with Crippen LogP contribution in [0.2, 0.25) is 0 Å². The van der Waals surface area contributed by atoms with Crippen molar-refractivity contribution >= 4 is 39.1 Å². The molecule has 0 atom stereocenters. The van der Waals surface area contributed by atoms with Gasteiger partial charge < -0.3 is 10.4 Å². The third-order valence-electron chi connectivity index (χ3n) is 2.48. The third kappa shape index (κ3) is 3.64. The lowest BCUT2D eigenvalue weighted by atomic mass is 10.1. The van der Waals surface area contributed by atoms with E-state index in [1.165, 1.54) is 16.7 Å². The van der Waals surface area contributed by atoms with Gasteiger partial charge in [0.05, 0.1) is 6.54 Å². The molecule has 0 fully saturated rings. The van der Waals surface area contributed by atoms with Gasteiger partial charge in [-0.2, -0.15) is 0 Å². The number of thiazole rings is 1. The number of halogens is 1. The number of benzene rings is 1. The fraction of sp³-hybridized carbons (Fsp3) is 0.154. The molecule has 2 N–H and O–H groups in total. The van der Waals surface area contributed by atoms with E-state index < -0.39 is 5.97 Å². The van der Waals surface area contributed by atoms with Gasteiger partial charge in [-0.25, -0.2) is 9.78 Å². The first-order valence-electron chi connectivity index (χ1n) is 5.69. The third-order valence-corrected chi connectivity index (χ3v) is 3.78. The average Bonchev–Trinajstić information content (AvgIpc) is 2.83. The summed E-state index contributed by atoms with van der Waals surface area (Å²) < 4.78 is 0.838. The standard InChI is InChI=1S/C13H11BrN2O3S/c1-7-2-8(4-9(14)3-7)12(17)15-5-11-16-10(6-20-11)13(18)19/h2-4,6H,5H2,1H3,(H,15,17)(H,18,19). The highest BCUT2D eigenvalue weighted by molar-refractivity contribution is 9.10. The normalized spacial score (nSPS) is 10.3. The summed E-state index contributed by atoms with van der Waals surface area (Å²) in [5.41, 5.74) is 1.52. The van der Waals surface area contributed by atoms with Gasteiger partial charge in [-0.05, 0) is 30.7 Å². The zero-order valence-corrected chi connectivity index (χ0v) is 12.9. The first-order valence-corrected chi connectivity index (χ1v) is 7.36. The van der Waals surface area contributed by atoms with Crippen molar-refractivity contribution in [2.24, 2.45) is 0 Å². The summed E-state index contributed by atoms with van der Waals surface area (Å²) in [7, 11) is 0. The zero-order chi connectivity index (χ0) is 14.7. The summed E-state index contributed by atoms with van der Waals surface area (Å²) in [6, 6.07) is 5.42. The van der Waals surface area contributed by atoms with Crippen molar-refractivity contribution in [2.75, 3.05) is 0 Å². The first-order chi connectivity index (χ1) is 9.45. The molecule has 7 heteroatoms. The first kappa shape index (κ1) is 14.7. The van der Waals surface area contributed by atoms with Crippen LogP contribution in [0.25, 0.3) is 0 Å². The number of nitrogens with zero attached hydrogens (tertiary/aromatic N) is 1. The number of aryl methyl sites for hydroxylation is 1. The van der Waals surface area contributed by atoms with Crippen molar-refractivity contribution in [1.82, 2.24) is 10.3 Å². The molecular formula is C13H11BrN2O3S. The van der Waals surface area contributed by atoms with E-state index in [9.17, 15) is 9.59 Å². The monoisotopic (exact) mass is 354 g/mol. The topological polar surface area (TPSA) is 79.3 Å². The summed E-state index contributed by atoms with van der Waals surface area (Å²) in [4.78, 5) is 26.6. The highest BCUT2D eigenvalue weighted by atomic mass is 79.9. The predicted molar refractivity (Wildman–Crippen MR) is 79.1 cm³/mol. The van der Waals surface area contributed by atoms with Crippen LogP contribution in [-0.4, -0.2) is 22.0 Å². The Hall–Kier alpha value is -1.73. The number of carboxylic acid groups (broad SMARTS) is 1. The van der Waals surface area contributed by atoms with Gasteiger partial charge in [-0.3, -0.25) is 4.79 Å². The summed E-state index contributed by atoms with van der Waals surface area (Å²) in [5, 5.41) is 13.5. The Bertz CT molecular complexity index is 649. The van der Waals surface area contributed by atoms with Crippen molar-refractivity contribution in [1.29, 1.82) is 0 Å². The minimum atomic E-state index is -1.07. The Morgan fingerprint density at radius 3 is 2.75 bits per heavy atom. The van der Waals surface area contributed by atoms with Crippen LogP contribution in [0.5, 0.6) is 0 Å². The fourth-order valence-corrected chi connectivity index (χ4v) is 2.93. The molecule has 5 nitrogen and oxygen atoms in total. The van der Waals surface area contributed by atoms with Gasteiger partial charge in [0, 0.05) is 15.4 Å². The van der Waals surface area contributed by atoms with E-state index in [-0.39, 0.29) is 18.1 Å². The van der Waals surface area contributed by atoms with Crippen LogP contribution < -0.4 is 5.32 Å². The molecule has 2 rings (SSSR count). The zero-order valence-electron chi connectivity index (χ0n) is 10.5. The lowest BCUT2D eigenvalue weighted by Gasteiger charge is -2.05. The number of nitrogens with one attached hydrogen (secondary N) is 1. The molecule has 0 unspecified atom stereocenters. The molecule has 0 aliphatic heterocycles. The molecule has 0 saturated heterocycles. The van der Waals surface area contributed by atoms with Crippen LogP contribution in [0.1, 0.15) is 31.4 Å². The van der Waals surface area contributed by atoms with Gasteiger partial charge in [0.1, 0.15) is 5.01 Å².